The quantitative estimate of drug-likeness (QED) is 0.824. The third kappa shape index (κ3) is 5.53. The van der Waals surface area contributed by atoms with E-state index in [0.29, 0.717) is 0 Å². The first kappa shape index (κ1) is 17.7. The lowest BCUT2D eigenvalue weighted by molar-refractivity contribution is -0.124. The van der Waals surface area contributed by atoms with E-state index in [9.17, 15) is 13.2 Å². The van der Waals surface area contributed by atoms with Crippen LogP contribution in [-0.2, 0) is 14.8 Å². The molecule has 118 valence electrons. The summed E-state index contributed by atoms with van der Waals surface area (Å²) >= 11 is 5.73. The van der Waals surface area contributed by atoms with E-state index >= 15 is 0 Å². The van der Waals surface area contributed by atoms with Crippen LogP contribution in [0.1, 0.15) is 20.8 Å². The molecule has 0 spiro atoms. The first-order valence-corrected chi connectivity index (χ1v) is 8.28. The summed E-state index contributed by atoms with van der Waals surface area (Å²) in [5, 5.41) is 8.05. The highest BCUT2D eigenvalue weighted by molar-refractivity contribution is 7.89. The number of primary sulfonamides is 1. The fourth-order valence-corrected chi connectivity index (χ4v) is 2.36. The number of carbonyl (C=O) groups is 1. The number of rotatable bonds is 6. The zero-order valence-corrected chi connectivity index (χ0v) is 13.7. The predicted molar refractivity (Wildman–Crippen MR) is 80.8 cm³/mol. The van der Waals surface area contributed by atoms with Crippen molar-refractivity contribution >= 4 is 27.5 Å². The predicted octanol–water partition coefficient (Wildman–Crippen LogP) is 1.53. The van der Waals surface area contributed by atoms with Crippen LogP contribution in [0.2, 0.25) is 5.02 Å². The van der Waals surface area contributed by atoms with Gasteiger partial charge in [0.05, 0.1) is 0 Å². The summed E-state index contributed by atoms with van der Waals surface area (Å²) in [7, 11) is -3.98. The van der Waals surface area contributed by atoms with E-state index < -0.39 is 10.0 Å². The molecule has 0 saturated heterocycles. The molecule has 0 radical (unpaired) electrons. The van der Waals surface area contributed by atoms with Crippen molar-refractivity contribution in [3.63, 3.8) is 0 Å². The van der Waals surface area contributed by atoms with Gasteiger partial charge in [0.2, 0.25) is 10.0 Å². The van der Waals surface area contributed by atoms with Gasteiger partial charge in [0.25, 0.3) is 5.91 Å². The van der Waals surface area contributed by atoms with Crippen LogP contribution in [0.25, 0.3) is 0 Å². The summed E-state index contributed by atoms with van der Waals surface area (Å²) in [5.41, 5.74) is 0. The van der Waals surface area contributed by atoms with E-state index in [0.717, 1.165) is 0 Å². The highest BCUT2D eigenvalue weighted by atomic mass is 35.5. The maximum absolute atomic E-state index is 11.7. The smallest absolute Gasteiger partial charge is 0.258 e. The van der Waals surface area contributed by atoms with Crippen LogP contribution in [0.15, 0.2) is 23.1 Å². The van der Waals surface area contributed by atoms with Crippen molar-refractivity contribution in [1.82, 2.24) is 5.32 Å². The van der Waals surface area contributed by atoms with Gasteiger partial charge in [0, 0.05) is 11.1 Å². The van der Waals surface area contributed by atoms with Gasteiger partial charge in [-0.15, -0.1) is 0 Å². The Balaban J connectivity index is 2.79. The molecule has 0 aliphatic heterocycles. The normalized spacial score (nSPS) is 13.0. The molecule has 8 heteroatoms. The number of carbonyl (C=O) groups excluding carboxylic acids is 1. The monoisotopic (exact) mass is 334 g/mol. The average Bonchev–Trinajstić information content (AvgIpc) is 2.35. The maximum Gasteiger partial charge on any atom is 0.258 e. The molecule has 0 aliphatic carbocycles. The topological polar surface area (TPSA) is 98.5 Å². The molecular formula is C13H19ClN2O4S. The molecule has 0 aliphatic rings. The Labute approximate surface area is 129 Å². The molecule has 1 aromatic carbocycles. The first-order valence-electron chi connectivity index (χ1n) is 6.35. The molecule has 0 bridgehead atoms. The summed E-state index contributed by atoms with van der Waals surface area (Å²) in [5.74, 6) is -0.0646. The fourth-order valence-electron chi connectivity index (χ4n) is 1.43. The lowest BCUT2D eigenvalue weighted by Crippen LogP contribution is -2.39. The number of amides is 1. The molecule has 0 fully saturated rings. The Kier molecular flexibility index (Phi) is 6.00. The van der Waals surface area contributed by atoms with Crippen molar-refractivity contribution in [2.24, 2.45) is 11.1 Å². The van der Waals surface area contributed by atoms with Gasteiger partial charge in [0.1, 0.15) is 10.6 Å². The minimum absolute atomic E-state index is 0.00532. The van der Waals surface area contributed by atoms with Gasteiger partial charge >= 0.3 is 0 Å². The summed E-state index contributed by atoms with van der Waals surface area (Å²) in [6.45, 7) is 5.52. The van der Waals surface area contributed by atoms with Crippen LogP contribution in [0.3, 0.4) is 0 Å². The maximum atomic E-state index is 11.7. The zero-order valence-electron chi connectivity index (χ0n) is 12.1. The van der Waals surface area contributed by atoms with Crippen LogP contribution < -0.4 is 15.2 Å². The van der Waals surface area contributed by atoms with Gasteiger partial charge in [0.15, 0.2) is 6.61 Å². The molecule has 1 unspecified atom stereocenters. The van der Waals surface area contributed by atoms with E-state index in [1.165, 1.54) is 18.2 Å². The van der Waals surface area contributed by atoms with Gasteiger partial charge in [-0.3, -0.25) is 4.79 Å². The second-order valence-corrected chi connectivity index (χ2v) is 6.99. The minimum atomic E-state index is -3.98. The summed E-state index contributed by atoms with van der Waals surface area (Å²) in [6.07, 6.45) is 0. The van der Waals surface area contributed by atoms with E-state index in [2.05, 4.69) is 5.32 Å². The lowest BCUT2D eigenvalue weighted by Gasteiger charge is -2.18. The van der Waals surface area contributed by atoms with Crippen LogP contribution in [-0.4, -0.2) is 27.0 Å². The molecule has 1 amide bonds. The fraction of sp³-hybridized carbons (Fsp3) is 0.462. The van der Waals surface area contributed by atoms with Crippen molar-refractivity contribution < 1.29 is 17.9 Å². The largest absolute Gasteiger partial charge is 0.482 e. The van der Waals surface area contributed by atoms with Crippen molar-refractivity contribution in [2.45, 2.75) is 31.7 Å². The van der Waals surface area contributed by atoms with Gasteiger partial charge < -0.3 is 10.1 Å². The minimum Gasteiger partial charge on any atom is -0.482 e. The van der Waals surface area contributed by atoms with Gasteiger partial charge in [-0.2, -0.15) is 0 Å². The molecular weight excluding hydrogens is 316 g/mol. The average molecular weight is 335 g/mol. The number of nitrogens with one attached hydrogen (secondary N) is 1. The zero-order chi connectivity index (χ0) is 16.2. The van der Waals surface area contributed by atoms with E-state index in [-0.39, 0.29) is 40.1 Å². The Hall–Kier alpha value is -1.31. The van der Waals surface area contributed by atoms with E-state index in [1.807, 2.05) is 20.8 Å². The van der Waals surface area contributed by atoms with Crippen molar-refractivity contribution in [3.8, 4) is 5.75 Å². The standard InChI is InChI=1S/C13H19ClN2O4S/c1-8(2)9(3)16-13(17)7-20-11-5-4-10(14)6-12(11)21(15,18)19/h4-6,8-9H,7H2,1-3H3,(H,16,17)(H2,15,18,19). The summed E-state index contributed by atoms with van der Waals surface area (Å²) in [6, 6.07) is 3.99. The number of nitrogens with two attached hydrogens (primary N) is 1. The SMILES string of the molecule is CC(C)C(C)NC(=O)COc1ccc(Cl)cc1S(N)(=O)=O. The molecule has 21 heavy (non-hydrogen) atoms. The Morgan fingerprint density at radius 2 is 2.00 bits per heavy atom. The number of hydrogen-bond donors (Lipinski definition) is 2. The first-order chi connectivity index (χ1) is 9.61. The van der Waals surface area contributed by atoms with Gasteiger partial charge in [-0.05, 0) is 31.0 Å². The van der Waals surface area contributed by atoms with Crippen LogP contribution in [0, 0.1) is 5.92 Å². The molecule has 0 saturated carbocycles. The van der Waals surface area contributed by atoms with Crippen LogP contribution >= 0.6 is 11.6 Å². The molecule has 6 nitrogen and oxygen atoms in total. The van der Waals surface area contributed by atoms with Gasteiger partial charge in [-0.25, -0.2) is 13.6 Å². The second-order valence-electron chi connectivity index (χ2n) is 5.02. The molecule has 3 N–H and O–H groups in total. The number of sulfonamides is 1. The number of benzene rings is 1. The number of halogens is 1. The van der Waals surface area contributed by atoms with Gasteiger partial charge in [-0.1, -0.05) is 25.4 Å². The second kappa shape index (κ2) is 7.11. The molecule has 1 aromatic rings. The summed E-state index contributed by atoms with van der Waals surface area (Å²) in [4.78, 5) is 11.5. The van der Waals surface area contributed by atoms with E-state index in [1.54, 1.807) is 0 Å². The van der Waals surface area contributed by atoms with E-state index in [4.69, 9.17) is 21.5 Å². The number of ether oxygens (including phenoxy) is 1. The lowest BCUT2D eigenvalue weighted by atomic mass is 10.1. The highest BCUT2D eigenvalue weighted by Gasteiger charge is 2.17. The summed E-state index contributed by atoms with van der Waals surface area (Å²) < 4.78 is 28.1. The van der Waals surface area contributed by atoms with Crippen molar-refractivity contribution in [2.75, 3.05) is 6.61 Å². The Morgan fingerprint density at radius 3 is 2.52 bits per heavy atom. The molecule has 1 rings (SSSR count). The van der Waals surface area contributed by atoms with Crippen LogP contribution in [0.4, 0.5) is 0 Å². The highest BCUT2D eigenvalue weighted by Crippen LogP contribution is 2.26. The van der Waals surface area contributed by atoms with Crippen molar-refractivity contribution in [1.29, 1.82) is 0 Å². The Morgan fingerprint density at radius 1 is 1.38 bits per heavy atom. The molecule has 0 heterocycles. The van der Waals surface area contributed by atoms with Crippen molar-refractivity contribution in [3.05, 3.63) is 23.2 Å². The Bertz CT molecular complexity index is 617. The van der Waals surface area contributed by atoms with Crippen LogP contribution in [0.5, 0.6) is 5.75 Å². The molecule has 1 atom stereocenters. The third-order valence-electron chi connectivity index (χ3n) is 2.96. The number of hydrogen-bond acceptors (Lipinski definition) is 4. The molecule has 0 aromatic heterocycles. The third-order valence-corrected chi connectivity index (χ3v) is 4.13.